The molecule has 4 N–H and O–H groups in total. The van der Waals surface area contributed by atoms with Gasteiger partial charge in [0.1, 0.15) is 5.75 Å². The average Bonchev–Trinajstić information content (AvgIpc) is 3.06. The minimum Gasteiger partial charge on any atom is -0.507 e. The SMILES string of the molecule is CC(C)(C)c1cc(Cc2cc(Cc3cc(C(C)(C)C)c(OO)c(C(C)(C)C)c3)c(O)c(Cc3cc(C(C)(C)C)c(OO)c(C(C)(C)C)c3)c2)cc(C(C)(C)C)c1OO. The van der Waals surface area contributed by atoms with E-state index in [4.69, 9.17) is 14.7 Å². The van der Waals surface area contributed by atoms with Gasteiger partial charge >= 0.3 is 0 Å². The van der Waals surface area contributed by atoms with E-state index in [9.17, 15) is 20.9 Å². The van der Waals surface area contributed by atoms with Crippen LogP contribution in [0.2, 0.25) is 0 Å². The molecule has 7 nitrogen and oxygen atoms in total. The van der Waals surface area contributed by atoms with Crippen LogP contribution >= 0.6 is 0 Å². The van der Waals surface area contributed by atoms with Crippen LogP contribution in [0.25, 0.3) is 0 Å². The Morgan fingerprint density at radius 2 is 0.517 bits per heavy atom. The fourth-order valence-electron chi connectivity index (χ4n) is 7.89. The zero-order chi connectivity index (χ0) is 44.1. The predicted molar refractivity (Wildman–Crippen MR) is 238 cm³/mol. The summed E-state index contributed by atoms with van der Waals surface area (Å²) in [6.45, 7) is 38.0. The molecule has 0 saturated heterocycles. The van der Waals surface area contributed by atoms with E-state index in [-0.39, 0.29) is 38.2 Å². The summed E-state index contributed by atoms with van der Waals surface area (Å²) in [7, 11) is 0. The fourth-order valence-corrected chi connectivity index (χ4v) is 7.89. The van der Waals surface area contributed by atoms with E-state index in [0.29, 0.717) is 36.5 Å². The topological polar surface area (TPSA) is 109 Å². The molecule has 0 bridgehead atoms. The van der Waals surface area contributed by atoms with Gasteiger partial charge in [0.2, 0.25) is 0 Å². The second kappa shape index (κ2) is 16.2. The molecule has 318 valence electrons. The van der Waals surface area contributed by atoms with Crippen molar-refractivity contribution in [3.05, 3.63) is 115 Å². The molecule has 0 aliphatic rings. The van der Waals surface area contributed by atoms with E-state index >= 15 is 0 Å². The Morgan fingerprint density at radius 3 is 0.707 bits per heavy atom. The summed E-state index contributed by atoms with van der Waals surface area (Å²) in [5, 5.41) is 42.8. The van der Waals surface area contributed by atoms with E-state index in [1.54, 1.807) is 0 Å². The predicted octanol–water partition coefficient (Wildman–Crippen LogP) is 13.5. The zero-order valence-electron chi connectivity index (χ0n) is 38.8. The third-order valence-electron chi connectivity index (χ3n) is 11.1. The largest absolute Gasteiger partial charge is 0.507 e. The van der Waals surface area contributed by atoms with Crippen LogP contribution in [-0.2, 0) is 51.8 Å². The molecular formula is C51H72O7. The minimum atomic E-state index is -0.330. The molecule has 0 fully saturated rings. The maximum Gasteiger partial charge on any atom is 0.172 e. The molecule has 0 amide bonds. The van der Waals surface area contributed by atoms with Gasteiger partial charge in [-0.3, -0.25) is 0 Å². The Bertz CT molecular complexity index is 1900. The molecule has 0 spiro atoms. The van der Waals surface area contributed by atoms with Crippen LogP contribution in [0.1, 0.15) is 191 Å². The van der Waals surface area contributed by atoms with Gasteiger partial charge in [-0.05, 0) is 72.3 Å². The van der Waals surface area contributed by atoms with Gasteiger partial charge < -0.3 is 19.8 Å². The molecule has 7 heteroatoms. The first-order valence-corrected chi connectivity index (χ1v) is 20.6. The second-order valence-corrected chi connectivity index (χ2v) is 22.6. The van der Waals surface area contributed by atoms with Gasteiger partial charge in [0.25, 0.3) is 0 Å². The first-order valence-electron chi connectivity index (χ1n) is 20.6. The number of aromatic hydroxyl groups is 1. The van der Waals surface area contributed by atoms with E-state index in [1.807, 2.05) is 0 Å². The van der Waals surface area contributed by atoms with Crippen LogP contribution in [0.4, 0.5) is 0 Å². The van der Waals surface area contributed by atoms with Crippen LogP contribution in [0.3, 0.4) is 0 Å². The molecule has 0 unspecified atom stereocenters. The zero-order valence-corrected chi connectivity index (χ0v) is 38.8. The van der Waals surface area contributed by atoms with Crippen LogP contribution in [-0.4, -0.2) is 20.9 Å². The average molecular weight is 797 g/mol. The quantitative estimate of drug-likeness (QED) is 0.0986. The Morgan fingerprint density at radius 1 is 0.328 bits per heavy atom. The van der Waals surface area contributed by atoms with Gasteiger partial charge in [-0.2, -0.15) is 0 Å². The van der Waals surface area contributed by atoms with E-state index in [0.717, 1.165) is 66.8 Å². The molecule has 0 aliphatic heterocycles. The Kier molecular flexibility index (Phi) is 13.0. The van der Waals surface area contributed by atoms with Crippen LogP contribution in [0, 0.1) is 0 Å². The Hall–Kier alpha value is -4.04. The van der Waals surface area contributed by atoms with Crippen molar-refractivity contribution in [1.82, 2.24) is 0 Å². The van der Waals surface area contributed by atoms with Gasteiger partial charge in [-0.15, -0.1) is 0 Å². The lowest BCUT2D eigenvalue weighted by Gasteiger charge is -2.29. The van der Waals surface area contributed by atoms with E-state index < -0.39 is 0 Å². The van der Waals surface area contributed by atoms with Crippen molar-refractivity contribution in [3.63, 3.8) is 0 Å². The maximum atomic E-state index is 12.3. The van der Waals surface area contributed by atoms with Gasteiger partial charge in [0, 0.05) is 46.2 Å². The maximum absolute atomic E-state index is 12.3. The minimum absolute atomic E-state index is 0.229. The summed E-state index contributed by atoms with van der Waals surface area (Å²) >= 11 is 0. The summed E-state index contributed by atoms with van der Waals surface area (Å²) in [5.41, 5.74) is 9.13. The number of hydrogen-bond donors (Lipinski definition) is 4. The first-order chi connectivity index (χ1) is 26.3. The van der Waals surface area contributed by atoms with Crippen molar-refractivity contribution in [2.45, 2.75) is 176 Å². The third-order valence-corrected chi connectivity index (χ3v) is 11.1. The van der Waals surface area contributed by atoms with Crippen molar-refractivity contribution in [2.24, 2.45) is 0 Å². The van der Waals surface area contributed by atoms with Crippen LogP contribution in [0.5, 0.6) is 23.0 Å². The second-order valence-electron chi connectivity index (χ2n) is 22.6. The van der Waals surface area contributed by atoms with Crippen molar-refractivity contribution in [2.75, 3.05) is 0 Å². The lowest BCUT2D eigenvalue weighted by atomic mass is 9.77. The normalized spacial score (nSPS) is 13.2. The fraction of sp³-hybridized carbons (Fsp3) is 0.529. The molecule has 4 aromatic carbocycles. The highest BCUT2D eigenvalue weighted by atomic mass is 17.1. The van der Waals surface area contributed by atoms with Crippen molar-refractivity contribution < 1.29 is 35.5 Å². The van der Waals surface area contributed by atoms with Crippen molar-refractivity contribution >= 4 is 0 Å². The molecule has 0 aliphatic carbocycles. The number of hydrogen-bond acceptors (Lipinski definition) is 7. The monoisotopic (exact) mass is 797 g/mol. The molecular weight excluding hydrogens is 725 g/mol. The summed E-state index contributed by atoms with van der Waals surface area (Å²) in [5.74, 6) is 1.67. The number of rotatable bonds is 9. The summed E-state index contributed by atoms with van der Waals surface area (Å²) < 4.78 is 0. The lowest BCUT2D eigenvalue weighted by molar-refractivity contribution is -0.140. The molecule has 4 aromatic rings. The van der Waals surface area contributed by atoms with Crippen molar-refractivity contribution in [3.8, 4) is 23.0 Å². The molecule has 0 aromatic heterocycles. The molecule has 58 heavy (non-hydrogen) atoms. The molecule has 0 atom stereocenters. The Labute approximate surface area is 349 Å². The summed E-state index contributed by atoms with van der Waals surface area (Å²) in [4.78, 5) is 15.3. The standard InChI is InChI=1S/C51H72O7/c1-46(2,3)36-24-31(25-37(43(36)56-53)47(4,5)6)19-30-20-34(22-32-26-38(48(7,8)9)44(57-54)39(27-32)49(10,11)12)42(52)35(21-30)23-33-28-40(50(13,14)15)45(58-55)41(29-33)51(16,17)18/h20-21,24-29,52-55H,19,22-23H2,1-18H3. The number of phenolic OH excluding ortho intramolecular Hbond substituents is 1. The van der Waals surface area contributed by atoms with Crippen LogP contribution in [0.15, 0.2) is 48.5 Å². The molecule has 0 heterocycles. The third kappa shape index (κ3) is 10.4. The van der Waals surface area contributed by atoms with Gasteiger partial charge in [0.15, 0.2) is 17.2 Å². The first kappa shape index (κ1) is 46.6. The van der Waals surface area contributed by atoms with Gasteiger partial charge in [-0.25, -0.2) is 15.8 Å². The van der Waals surface area contributed by atoms with Crippen molar-refractivity contribution in [1.29, 1.82) is 0 Å². The van der Waals surface area contributed by atoms with E-state index in [1.165, 1.54) is 0 Å². The summed E-state index contributed by atoms with van der Waals surface area (Å²) in [6, 6.07) is 16.8. The van der Waals surface area contributed by atoms with E-state index in [2.05, 4.69) is 173 Å². The highest BCUT2D eigenvalue weighted by Gasteiger charge is 2.32. The van der Waals surface area contributed by atoms with Crippen LogP contribution < -0.4 is 14.7 Å². The lowest BCUT2D eigenvalue weighted by Crippen LogP contribution is -2.20. The highest BCUT2D eigenvalue weighted by Crippen LogP contribution is 2.45. The summed E-state index contributed by atoms with van der Waals surface area (Å²) in [6.07, 6.45) is 1.47. The molecule has 0 radical (unpaired) electrons. The Balaban J connectivity index is 2.04. The number of benzene rings is 4. The smallest absolute Gasteiger partial charge is 0.172 e. The number of phenols is 1. The molecule has 4 rings (SSSR count). The van der Waals surface area contributed by atoms with Gasteiger partial charge in [0.05, 0.1) is 0 Å². The van der Waals surface area contributed by atoms with Gasteiger partial charge in [-0.1, -0.05) is 173 Å². The molecule has 0 saturated carbocycles. The highest BCUT2D eigenvalue weighted by molar-refractivity contribution is 5.57.